The lowest BCUT2D eigenvalue weighted by atomic mass is 9.99. The molecule has 0 fully saturated rings. The van der Waals surface area contributed by atoms with Crippen molar-refractivity contribution in [3.63, 3.8) is 0 Å². The number of nitrogens with one attached hydrogen (secondary N) is 2. The van der Waals surface area contributed by atoms with E-state index in [2.05, 4.69) is 10.0 Å². The number of aliphatic hydroxyl groups is 1. The van der Waals surface area contributed by atoms with Crippen LogP contribution in [0.3, 0.4) is 0 Å². The minimum Gasteiger partial charge on any atom is -0.487 e. The third-order valence-electron chi connectivity index (χ3n) is 6.87. The topological polar surface area (TPSA) is 128 Å². The summed E-state index contributed by atoms with van der Waals surface area (Å²) in [5.41, 5.74) is 0.954. The number of ether oxygens (including phenoxy) is 1. The van der Waals surface area contributed by atoms with Crippen LogP contribution in [0.5, 0.6) is 5.75 Å². The van der Waals surface area contributed by atoms with Gasteiger partial charge in [0.1, 0.15) is 11.9 Å². The van der Waals surface area contributed by atoms with E-state index >= 15 is 0 Å². The van der Waals surface area contributed by atoms with Crippen molar-refractivity contribution in [2.75, 3.05) is 36.8 Å². The summed E-state index contributed by atoms with van der Waals surface area (Å²) in [4.78, 5) is 29.6. The molecule has 10 nitrogen and oxygen atoms in total. The normalized spacial score (nSPS) is 17.9. The maximum Gasteiger partial charge on any atom is 0.321 e. The molecule has 1 aliphatic rings. The minimum absolute atomic E-state index is 0.0115. The smallest absolute Gasteiger partial charge is 0.321 e. The highest BCUT2D eigenvalue weighted by atomic mass is 35.5. The summed E-state index contributed by atoms with van der Waals surface area (Å²) >= 11 is 5.89. The molecule has 0 radical (unpaired) electrons. The van der Waals surface area contributed by atoms with Crippen molar-refractivity contribution in [3.8, 4) is 5.75 Å². The number of carbonyl (C=O) groups excluding carboxylic acids is 2. The third-order valence-corrected chi connectivity index (χ3v) is 8.52. The van der Waals surface area contributed by atoms with Crippen molar-refractivity contribution >= 4 is 44.9 Å². The van der Waals surface area contributed by atoms with Gasteiger partial charge in [0.2, 0.25) is 0 Å². The summed E-state index contributed by atoms with van der Waals surface area (Å²) in [6, 6.07) is 18.4. The van der Waals surface area contributed by atoms with Crippen LogP contribution in [0.15, 0.2) is 77.7 Å². The molecule has 0 aromatic heterocycles. The van der Waals surface area contributed by atoms with E-state index in [1.807, 2.05) is 25.1 Å². The maximum atomic E-state index is 13.7. The van der Waals surface area contributed by atoms with Gasteiger partial charge in [-0.3, -0.25) is 9.52 Å². The Morgan fingerprint density at radius 1 is 1.12 bits per heavy atom. The number of rotatable bonds is 8. The van der Waals surface area contributed by atoms with Gasteiger partial charge in [-0.25, -0.2) is 13.2 Å². The molecule has 0 bridgehead atoms. The van der Waals surface area contributed by atoms with E-state index in [0.717, 1.165) is 0 Å². The monoisotopic (exact) mass is 600 g/mol. The summed E-state index contributed by atoms with van der Waals surface area (Å²) in [6.45, 7) is 3.84. The molecular formula is C29H33ClN4O6S. The van der Waals surface area contributed by atoms with Crippen molar-refractivity contribution in [1.29, 1.82) is 0 Å². The van der Waals surface area contributed by atoms with Crippen molar-refractivity contribution in [1.82, 2.24) is 9.80 Å². The van der Waals surface area contributed by atoms with Gasteiger partial charge in [0.25, 0.3) is 15.9 Å². The molecule has 3 N–H and O–H groups in total. The highest BCUT2D eigenvalue weighted by Crippen LogP contribution is 2.31. The molecule has 41 heavy (non-hydrogen) atoms. The maximum absolute atomic E-state index is 13.7. The number of sulfonamides is 1. The zero-order chi connectivity index (χ0) is 29.7. The number of para-hydroxylation sites is 1. The fourth-order valence-electron chi connectivity index (χ4n) is 4.42. The molecule has 1 heterocycles. The molecule has 3 aromatic carbocycles. The zero-order valence-corrected chi connectivity index (χ0v) is 24.5. The molecule has 218 valence electrons. The van der Waals surface area contributed by atoms with Crippen LogP contribution >= 0.6 is 11.6 Å². The van der Waals surface area contributed by atoms with Gasteiger partial charge in [0.05, 0.1) is 29.7 Å². The van der Waals surface area contributed by atoms with Crippen LogP contribution in [0, 0.1) is 5.92 Å². The lowest BCUT2D eigenvalue weighted by Gasteiger charge is -2.38. The Kier molecular flexibility index (Phi) is 9.42. The molecule has 12 heteroatoms. The van der Waals surface area contributed by atoms with E-state index < -0.39 is 28.1 Å². The number of nitrogens with zero attached hydrogens (tertiary/aromatic N) is 2. The lowest BCUT2D eigenvalue weighted by molar-refractivity contribution is 0.0371. The number of aliphatic hydroxyl groups excluding tert-OH is 1. The number of urea groups is 1. The number of hydrogen-bond donors (Lipinski definition) is 3. The van der Waals surface area contributed by atoms with Gasteiger partial charge in [0.15, 0.2) is 0 Å². The van der Waals surface area contributed by atoms with Gasteiger partial charge in [-0.2, -0.15) is 0 Å². The van der Waals surface area contributed by atoms with Crippen LogP contribution in [-0.4, -0.2) is 74.2 Å². The van der Waals surface area contributed by atoms with Crippen molar-refractivity contribution < 1.29 is 27.9 Å². The van der Waals surface area contributed by atoms with Gasteiger partial charge in [0, 0.05) is 35.9 Å². The van der Waals surface area contributed by atoms with Crippen LogP contribution in [0.2, 0.25) is 5.02 Å². The van der Waals surface area contributed by atoms with Crippen LogP contribution in [0.25, 0.3) is 0 Å². The second-order valence-electron chi connectivity index (χ2n) is 10.1. The molecule has 4 rings (SSSR count). The van der Waals surface area contributed by atoms with Crippen molar-refractivity contribution in [2.45, 2.75) is 30.9 Å². The minimum atomic E-state index is -3.96. The number of carbonyl (C=O) groups is 2. The molecule has 3 amide bonds. The average Bonchev–Trinajstić information content (AvgIpc) is 2.95. The second kappa shape index (κ2) is 12.8. The SMILES string of the molecule is C[C@@H]1CN([C@@H](C)CO)C(=O)c2cc(NS(=O)(=O)c3ccc(Cl)cc3)ccc2O[C@H]1CN(C)C(=O)Nc1ccccc1. The summed E-state index contributed by atoms with van der Waals surface area (Å²) in [6.07, 6.45) is -0.515. The number of hydrogen-bond acceptors (Lipinski definition) is 6. The first-order chi connectivity index (χ1) is 19.5. The van der Waals surface area contributed by atoms with Crippen molar-refractivity contribution in [2.24, 2.45) is 5.92 Å². The van der Waals surface area contributed by atoms with E-state index in [1.165, 1.54) is 47.4 Å². The van der Waals surface area contributed by atoms with Gasteiger partial charge >= 0.3 is 6.03 Å². The molecule has 1 aliphatic heterocycles. The summed E-state index contributed by atoms with van der Waals surface area (Å²) in [7, 11) is -2.31. The lowest BCUT2D eigenvalue weighted by Crippen LogP contribution is -2.50. The van der Waals surface area contributed by atoms with Crippen LogP contribution < -0.4 is 14.8 Å². The highest BCUT2D eigenvalue weighted by molar-refractivity contribution is 7.92. The number of fused-ring (bicyclic) bond motifs is 1. The van der Waals surface area contributed by atoms with Crippen molar-refractivity contribution in [3.05, 3.63) is 83.4 Å². The van der Waals surface area contributed by atoms with E-state index in [4.69, 9.17) is 16.3 Å². The Morgan fingerprint density at radius 2 is 1.80 bits per heavy atom. The molecule has 0 unspecified atom stereocenters. The molecule has 3 aromatic rings. The third kappa shape index (κ3) is 7.29. The van der Waals surface area contributed by atoms with E-state index in [9.17, 15) is 23.1 Å². The Hall–Kier alpha value is -3.80. The Bertz CT molecular complexity index is 1490. The van der Waals surface area contributed by atoms with Crippen LogP contribution in [-0.2, 0) is 10.0 Å². The Labute approximate surface area is 244 Å². The molecule has 0 saturated heterocycles. The number of benzene rings is 3. The predicted octanol–water partition coefficient (Wildman–Crippen LogP) is 4.52. The zero-order valence-electron chi connectivity index (χ0n) is 23.0. The van der Waals surface area contributed by atoms with Crippen LogP contribution in [0.4, 0.5) is 16.2 Å². The van der Waals surface area contributed by atoms with Gasteiger partial charge in [-0.15, -0.1) is 0 Å². The first-order valence-electron chi connectivity index (χ1n) is 13.1. The number of anilines is 2. The van der Waals surface area contributed by atoms with Gasteiger partial charge < -0.3 is 25.0 Å². The van der Waals surface area contributed by atoms with Gasteiger partial charge in [-0.05, 0) is 61.5 Å². The molecule has 3 atom stereocenters. The number of amides is 3. The Morgan fingerprint density at radius 3 is 2.46 bits per heavy atom. The summed E-state index contributed by atoms with van der Waals surface area (Å²) in [5.74, 6) is -0.376. The standard InChI is InChI=1S/C29H33ClN4O6S/c1-19-16-34(20(2)18-35)28(36)25-15-23(32-41(38,39)24-12-9-21(30)10-13-24)11-14-26(25)40-27(19)17-33(3)29(37)31-22-7-5-4-6-8-22/h4-15,19-20,27,32,35H,16-18H2,1-3H3,(H,31,37)/t19-,20+,27+/m1/s1. The molecule has 0 aliphatic carbocycles. The fourth-order valence-corrected chi connectivity index (χ4v) is 5.60. The quantitative estimate of drug-likeness (QED) is 0.349. The second-order valence-corrected chi connectivity index (χ2v) is 12.2. The number of likely N-dealkylation sites (N-methyl/N-ethyl adjacent to an activating group) is 1. The van der Waals surface area contributed by atoms with Crippen LogP contribution in [0.1, 0.15) is 24.2 Å². The molecule has 0 saturated carbocycles. The van der Waals surface area contributed by atoms with Gasteiger partial charge in [-0.1, -0.05) is 36.7 Å². The summed E-state index contributed by atoms with van der Waals surface area (Å²) in [5, 5.41) is 13.1. The Balaban J connectivity index is 1.62. The highest BCUT2D eigenvalue weighted by Gasteiger charge is 2.34. The first kappa shape index (κ1) is 30.2. The molecular weight excluding hydrogens is 568 g/mol. The summed E-state index contributed by atoms with van der Waals surface area (Å²) < 4.78 is 34.7. The predicted molar refractivity (Wildman–Crippen MR) is 158 cm³/mol. The first-order valence-corrected chi connectivity index (χ1v) is 14.9. The van der Waals surface area contributed by atoms with E-state index in [0.29, 0.717) is 10.7 Å². The van der Waals surface area contributed by atoms with E-state index in [-0.39, 0.29) is 53.5 Å². The molecule has 0 spiro atoms. The fraction of sp³-hybridized carbons (Fsp3) is 0.310. The average molecular weight is 601 g/mol. The van der Waals surface area contributed by atoms with E-state index in [1.54, 1.807) is 31.0 Å². The number of halogens is 1. The largest absolute Gasteiger partial charge is 0.487 e.